The van der Waals surface area contributed by atoms with E-state index in [1.807, 2.05) is 0 Å². The molecule has 8 aromatic carbocycles. The number of hydrogen-bond donors (Lipinski definition) is 0. The molecule has 0 saturated heterocycles. The summed E-state index contributed by atoms with van der Waals surface area (Å²) in [6.45, 7) is 13.9. The van der Waals surface area contributed by atoms with Gasteiger partial charge in [0, 0.05) is 44.1 Å². The quantitative estimate of drug-likeness (QED) is 0.154. The molecule has 294 valence electrons. The second kappa shape index (κ2) is 11.3. The largest absolute Gasteiger partial charge is 0.310 e. The Morgan fingerprint density at radius 3 is 1.55 bits per heavy atom. The van der Waals surface area contributed by atoms with Crippen molar-refractivity contribution in [3.05, 3.63) is 197 Å². The first-order chi connectivity index (χ1) is 30.1. The Kier molecular flexibility index (Phi) is 6.37. The van der Waals surface area contributed by atoms with Crippen molar-refractivity contribution in [2.45, 2.75) is 57.8 Å². The molecule has 62 heavy (non-hydrogen) atoms. The van der Waals surface area contributed by atoms with Gasteiger partial charge in [0.1, 0.15) is 0 Å². The van der Waals surface area contributed by atoms with Crippen LogP contribution in [0.3, 0.4) is 0 Å². The topological polar surface area (TPSA) is 9.86 Å². The van der Waals surface area contributed by atoms with Crippen LogP contribution in [0.1, 0.15) is 74.9 Å². The highest BCUT2D eigenvalue weighted by atomic mass is 15.1. The summed E-state index contributed by atoms with van der Waals surface area (Å²) in [5, 5.41) is 3.98. The lowest BCUT2D eigenvalue weighted by atomic mass is 9.33. The summed E-state index contributed by atoms with van der Waals surface area (Å²) in [5.74, 6) is 0. The van der Waals surface area contributed by atoms with Gasteiger partial charge in [0.2, 0.25) is 0 Å². The van der Waals surface area contributed by atoms with E-state index in [9.17, 15) is 0 Å². The van der Waals surface area contributed by atoms with Crippen molar-refractivity contribution in [1.29, 1.82) is 0 Å². The Morgan fingerprint density at radius 1 is 0.419 bits per heavy atom. The standard InChI is InChI=1S/C59H45BN2/c1-57(2,3)36-28-24-34(25-29-36)50-42-18-13-23-48-55(42)61(52(50)35-26-30-37(31-27-35)58(4,5)6)49-33-32-46-56-51(49)60(48)47-22-12-17-41-40-16-11-21-45(53(40)62(56)54(41)47)59(46)43-19-9-7-14-38(43)39-15-8-10-20-44(39)59/h7-33H,1-6H3. The van der Waals surface area contributed by atoms with Crippen molar-refractivity contribution in [3.63, 3.8) is 0 Å². The molecule has 0 saturated carbocycles. The smallest absolute Gasteiger partial charge is 0.252 e. The zero-order chi connectivity index (χ0) is 41.6. The molecule has 5 heterocycles. The molecule has 0 atom stereocenters. The van der Waals surface area contributed by atoms with Crippen LogP contribution in [-0.2, 0) is 16.2 Å². The summed E-state index contributed by atoms with van der Waals surface area (Å²) in [5.41, 5.74) is 26.4. The second-order valence-electron chi connectivity index (χ2n) is 20.4. The number of aromatic nitrogens is 2. The Balaban J connectivity index is 1.17. The summed E-state index contributed by atoms with van der Waals surface area (Å²) in [7, 11) is 0. The number of fused-ring (bicyclic) bond motifs is 11. The fourth-order valence-corrected chi connectivity index (χ4v) is 12.6. The predicted octanol–water partition coefficient (Wildman–Crippen LogP) is 12.5. The van der Waals surface area contributed by atoms with Crippen molar-refractivity contribution in [1.82, 2.24) is 9.13 Å². The highest BCUT2D eigenvalue weighted by Crippen LogP contribution is 2.61. The van der Waals surface area contributed by atoms with Crippen LogP contribution in [0.25, 0.3) is 77.6 Å². The molecule has 0 fully saturated rings. The van der Waals surface area contributed by atoms with Gasteiger partial charge in [-0.3, -0.25) is 0 Å². The predicted molar refractivity (Wildman–Crippen MR) is 261 cm³/mol. The Labute approximate surface area is 363 Å². The van der Waals surface area contributed by atoms with E-state index in [2.05, 4.69) is 214 Å². The van der Waals surface area contributed by atoms with Gasteiger partial charge in [-0.2, -0.15) is 0 Å². The minimum absolute atomic E-state index is 0.0515. The molecule has 1 aliphatic carbocycles. The molecule has 10 aromatic rings. The third-order valence-corrected chi connectivity index (χ3v) is 15.3. The maximum absolute atomic E-state index is 2.70. The van der Waals surface area contributed by atoms with Gasteiger partial charge in [0.25, 0.3) is 6.71 Å². The zero-order valence-corrected chi connectivity index (χ0v) is 36.1. The van der Waals surface area contributed by atoms with Gasteiger partial charge >= 0.3 is 0 Å². The van der Waals surface area contributed by atoms with E-state index in [1.165, 1.54) is 127 Å². The normalized spacial score (nSPS) is 14.7. The van der Waals surface area contributed by atoms with Crippen molar-refractivity contribution in [3.8, 4) is 44.9 Å². The maximum atomic E-state index is 2.70. The van der Waals surface area contributed by atoms with Crippen molar-refractivity contribution < 1.29 is 0 Å². The van der Waals surface area contributed by atoms with E-state index in [0.717, 1.165) is 0 Å². The molecule has 0 amide bonds. The highest BCUT2D eigenvalue weighted by molar-refractivity contribution is 7.00. The summed E-state index contributed by atoms with van der Waals surface area (Å²) < 4.78 is 5.37. The summed E-state index contributed by atoms with van der Waals surface area (Å²) in [6, 6.07) is 63.8. The van der Waals surface area contributed by atoms with Crippen LogP contribution in [-0.4, -0.2) is 15.8 Å². The molecule has 3 heteroatoms. The molecule has 1 spiro atoms. The van der Waals surface area contributed by atoms with Gasteiger partial charge in [-0.1, -0.05) is 199 Å². The average molecular weight is 793 g/mol. The number of nitrogens with zero attached hydrogens (tertiary/aromatic N) is 2. The van der Waals surface area contributed by atoms with Crippen molar-refractivity contribution in [2.75, 3.05) is 0 Å². The number of para-hydroxylation sites is 3. The fraction of sp³-hybridized carbons (Fsp3) is 0.153. The van der Waals surface area contributed by atoms with Crippen LogP contribution in [0.4, 0.5) is 0 Å². The van der Waals surface area contributed by atoms with Gasteiger partial charge in [-0.05, 0) is 88.9 Å². The van der Waals surface area contributed by atoms with Gasteiger partial charge < -0.3 is 9.13 Å². The first kappa shape index (κ1) is 34.8. The molecule has 0 radical (unpaired) electrons. The van der Waals surface area contributed by atoms with E-state index in [4.69, 9.17) is 0 Å². The lowest BCUT2D eigenvalue weighted by Gasteiger charge is -2.44. The molecule has 2 aromatic heterocycles. The average Bonchev–Trinajstić information content (AvgIpc) is 3.92. The zero-order valence-electron chi connectivity index (χ0n) is 36.1. The molecular formula is C59H45BN2. The van der Waals surface area contributed by atoms with Crippen LogP contribution in [0.15, 0.2) is 164 Å². The van der Waals surface area contributed by atoms with Gasteiger partial charge in [0.15, 0.2) is 0 Å². The third kappa shape index (κ3) is 4.00. The summed E-state index contributed by atoms with van der Waals surface area (Å²) >= 11 is 0. The molecule has 2 nitrogen and oxygen atoms in total. The number of benzene rings is 8. The third-order valence-electron chi connectivity index (χ3n) is 15.3. The van der Waals surface area contributed by atoms with Crippen molar-refractivity contribution >= 4 is 55.8 Å². The SMILES string of the molecule is CC(C)(C)c1ccc(-c2c(-c3ccc(C(C)(C)C)cc3)n3c4c(cccc24)B2c4c-3ccc3c4-n4c5c2cccc5c2cccc(c24)C32c3ccccc3-c3ccccc32)cc1. The van der Waals surface area contributed by atoms with Gasteiger partial charge in [0.05, 0.1) is 16.6 Å². The van der Waals surface area contributed by atoms with Crippen LogP contribution < -0.4 is 16.4 Å². The minimum atomic E-state index is -0.474. The Morgan fingerprint density at radius 2 is 0.935 bits per heavy atom. The van der Waals surface area contributed by atoms with E-state index < -0.39 is 5.41 Å². The Bertz CT molecular complexity index is 3590. The first-order valence-corrected chi connectivity index (χ1v) is 22.4. The molecular weight excluding hydrogens is 747 g/mol. The molecule has 4 aliphatic rings. The van der Waals surface area contributed by atoms with Crippen LogP contribution in [0, 0.1) is 0 Å². The van der Waals surface area contributed by atoms with E-state index in [0.29, 0.717) is 0 Å². The lowest BCUT2D eigenvalue weighted by Crippen LogP contribution is -2.60. The van der Waals surface area contributed by atoms with E-state index in [-0.39, 0.29) is 17.5 Å². The minimum Gasteiger partial charge on any atom is -0.310 e. The lowest BCUT2D eigenvalue weighted by molar-refractivity contribution is 0.590. The van der Waals surface area contributed by atoms with E-state index in [1.54, 1.807) is 0 Å². The Hall–Kier alpha value is -6.84. The summed E-state index contributed by atoms with van der Waals surface area (Å²) in [6.07, 6.45) is 0. The monoisotopic (exact) mass is 792 g/mol. The molecule has 3 aliphatic heterocycles. The van der Waals surface area contributed by atoms with Crippen LogP contribution in [0.5, 0.6) is 0 Å². The molecule has 14 rings (SSSR count). The van der Waals surface area contributed by atoms with Gasteiger partial charge in [-0.15, -0.1) is 0 Å². The van der Waals surface area contributed by atoms with Crippen LogP contribution >= 0.6 is 0 Å². The van der Waals surface area contributed by atoms with Crippen LogP contribution in [0.2, 0.25) is 0 Å². The highest BCUT2D eigenvalue weighted by Gasteiger charge is 2.54. The fourth-order valence-electron chi connectivity index (χ4n) is 12.6. The van der Waals surface area contributed by atoms with Gasteiger partial charge in [-0.25, -0.2) is 0 Å². The maximum Gasteiger partial charge on any atom is 0.252 e. The number of hydrogen-bond acceptors (Lipinski definition) is 0. The molecule has 0 N–H and O–H groups in total. The second-order valence-corrected chi connectivity index (χ2v) is 20.4. The molecule has 0 unspecified atom stereocenters. The summed E-state index contributed by atoms with van der Waals surface area (Å²) in [4.78, 5) is 0. The number of rotatable bonds is 2. The van der Waals surface area contributed by atoms with E-state index >= 15 is 0 Å². The first-order valence-electron chi connectivity index (χ1n) is 22.4. The van der Waals surface area contributed by atoms with Crippen molar-refractivity contribution in [2.24, 2.45) is 0 Å². The molecule has 0 bridgehead atoms.